The Bertz CT molecular complexity index is 891. The summed E-state index contributed by atoms with van der Waals surface area (Å²) in [7, 11) is 0. The Hall–Kier alpha value is -1.93. The molecule has 0 radical (unpaired) electrons. The molecule has 1 amide bonds. The van der Waals surface area contributed by atoms with Gasteiger partial charge in [0.25, 0.3) is 5.91 Å². The second-order valence-corrected chi connectivity index (χ2v) is 7.49. The summed E-state index contributed by atoms with van der Waals surface area (Å²) in [5.41, 5.74) is 2.52. The molecule has 3 aromatic rings. The summed E-state index contributed by atoms with van der Waals surface area (Å²) in [5.74, 6) is 0.701. The number of thiazole rings is 1. The van der Waals surface area contributed by atoms with Crippen LogP contribution in [0.2, 0.25) is 0 Å². The van der Waals surface area contributed by atoms with Gasteiger partial charge < -0.3 is 10.1 Å². The molecule has 0 fully saturated rings. The molecule has 0 atom stereocenters. The van der Waals surface area contributed by atoms with Crippen LogP contribution in [0.3, 0.4) is 0 Å². The molecular weight excluding hydrogens is 447 g/mol. The highest BCUT2D eigenvalue weighted by molar-refractivity contribution is 14.1. The van der Waals surface area contributed by atoms with Gasteiger partial charge in [0.15, 0.2) is 0 Å². The van der Waals surface area contributed by atoms with Crippen molar-refractivity contribution in [2.24, 2.45) is 0 Å². The van der Waals surface area contributed by atoms with Crippen molar-refractivity contribution in [2.75, 3.05) is 11.9 Å². The average molecular weight is 464 g/mol. The summed E-state index contributed by atoms with van der Waals surface area (Å²) in [4.78, 5) is 17.8. The molecule has 0 aliphatic carbocycles. The third kappa shape index (κ3) is 4.19. The highest BCUT2D eigenvalue weighted by atomic mass is 127. The Morgan fingerprint density at radius 3 is 2.60 bits per heavy atom. The first-order chi connectivity index (χ1) is 12.1. The van der Waals surface area contributed by atoms with E-state index >= 15 is 0 Å². The lowest BCUT2D eigenvalue weighted by atomic mass is 10.2. The van der Waals surface area contributed by atoms with Gasteiger partial charge in [-0.2, -0.15) is 0 Å². The van der Waals surface area contributed by atoms with Crippen LogP contribution in [-0.2, 0) is 0 Å². The molecule has 4 nitrogen and oxygen atoms in total. The molecule has 1 aromatic heterocycles. The zero-order valence-electron chi connectivity index (χ0n) is 13.9. The van der Waals surface area contributed by atoms with E-state index in [4.69, 9.17) is 4.74 Å². The van der Waals surface area contributed by atoms with Crippen LogP contribution in [0, 0.1) is 10.5 Å². The van der Waals surface area contributed by atoms with Crippen LogP contribution in [0.4, 0.5) is 5.69 Å². The maximum atomic E-state index is 12.6. The number of nitrogens with zero attached hydrogens (tertiary/aromatic N) is 1. The van der Waals surface area contributed by atoms with E-state index in [2.05, 4.69) is 32.9 Å². The Labute approximate surface area is 164 Å². The summed E-state index contributed by atoms with van der Waals surface area (Å²) in [6, 6.07) is 15.5. The first-order valence-corrected chi connectivity index (χ1v) is 9.74. The molecule has 6 heteroatoms. The number of benzene rings is 2. The second-order valence-electron chi connectivity index (χ2n) is 5.32. The highest BCUT2D eigenvalue weighted by Crippen LogP contribution is 2.30. The number of aromatic nitrogens is 1. The molecule has 0 saturated carbocycles. The number of ether oxygens (including phenoxy) is 1. The first kappa shape index (κ1) is 17.9. The van der Waals surface area contributed by atoms with E-state index in [0.29, 0.717) is 11.5 Å². The van der Waals surface area contributed by atoms with E-state index in [1.54, 1.807) is 0 Å². The first-order valence-electron chi connectivity index (χ1n) is 7.85. The standard InChI is InChI=1S/C19H17IN2O2S/c1-3-24-14-10-8-13(9-11-14)19-21-12(2)17(25-19)18(23)22-16-7-5-4-6-15(16)20/h4-11H,3H2,1-2H3,(H,22,23). The number of hydrogen-bond acceptors (Lipinski definition) is 4. The van der Waals surface area contributed by atoms with Gasteiger partial charge in [-0.25, -0.2) is 4.98 Å². The molecule has 0 saturated heterocycles. The van der Waals surface area contributed by atoms with E-state index in [1.165, 1.54) is 11.3 Å². The summed E-state index contributed by atoms with van der Waals surface area (Å²) in [6.45, 7) is 4.45. The van der Waals surface area contributed by atoms with Gasteiger partial charge in [-0.3, -0.25) is 4.79 Å². The molecule has 128 valence electrons. The normalized spacial score (nSPS) is 10.5. The van der Waals surface area contributed by atoms with Crippen LogP contribution in [0.15, 0.2) is 48.5 Å². The minimum atomic E-state index is -0.128. The molecule has 1 heterocycles. The molecule has 2 aromatic carbocycles. The number of aryl methyl sites for hydroxylation is 1. The van der Waals surface area contributed by atoms with Crippen molar-refractivity contribution in [1.82, 2.24) is 4.98 Å². The quantitative estimate of drug-likeness (QED) is 0.517. The van der Waals surface area contributed by atoms with Crippen LogP contribution >= 0.6 is 33.9 Å². The number of carbonyl (C=O) groups excluding carboxylic acids is 1. The number of nitrogens with one attached hydrogen (secondary N) is 1. The predicted octanol–water partition coefficient (Wildman–Crippen LogP) is 5.37. The van der Waals surface area contributed by atoms with Gasteiger partial charge in [0.05, 0.1) is 18.0 Å². The Kier molecular flexibility index (Phi) is 5.70. The largest absolute Gasteiger partial charge is 0.494 e. The highest BCUT2D eigenvalue weighted by Gasteiger charge is 2.17. The molecule has 1 N–H and O–H groups in total. The van der Waals surface area contributed by atoms with Crippen molar-refractivity contribution in [3.63, 3.8) is 0 Å². The lowest BCUT2D eigenvalue weighted by Gasteiger charge is -2.05. The van der Waals surface area contributed by atoms with Crippen molar-refractivity contribution < 1.29 is 9.53 Å². The lowest BCUT2D eigenvalue weighted by Crippen LogP contribution is -2.12. The molecule has 25 heavy (non-hydrogen) atoms. The number of halogens is 1. The van der Waals surface area contributed by atoms with E-state index in [1.807, 2.05) is 62.4 Å². The molecule has 0 aliphatic rings. The number of carbonyl (C=O) groups is 1. The van der Waals surface area contributed by atoms with Crippen LogP contribution < -0.4 is 10.1 Å². The van der Waals surface area contributed by atoms with Gasteiger partial charge in [-0.1, -0.05) is 12.1 Å². The van der Waals surface area contributed by atoms with E-state index in [9.17, 15) is 4.79 Å². The summed E-state index contributed by atoms with van der Waals surface area (Å²) in [6.07, 6.45) is 0. The smallest absolute Gasteiger partial charge is 0.267 e. The third-order valence-corrected chi connectivity index (χ3v) is 5.68. The zero-order valence-corrected chi connectivity index (χ0v) is 16.8. The Morgan fingerprint density at radius 1 is 1.20 bits per heavy atom. The topological polar surface area (TPSA) is 51.2 Å². The Morgan fingerprint density at radius 2 is 1.92 bits per heavy atom. The van der Waals surface area contributed by atoms with Crippen molar-refractivity contribution >= 4 is 45.5 Å². The van der Waals surface area contributed by atoms with Crippen molar-refractivity contribution in [3.8, 4) is 16.3 Å². The average Bonchev–Trinajstić information content (AvgIpc) is 3.00. The van der Waals surface area contributed by atoms with E-state index in [0.717, 1.165) is 31.3 Å². The van der Waals surface area contributed by atoms with Crippen LogP contribution in [-0.4, -0.2) is 17.5 Å². The minimum Gasteiger partial charge on any atom is -0.494 e. The number of rotatable bonds is 5. The van der Waals surface area contributed by atoms with Gasteiger partial charge in [0.1, 0.15) is 15.6 Å². The number of hydrogen-bond donors (Lipinski definition) is 1. The fourth-order valence-corrected chi connectivity index (χ4v) is 3.82. The van der Waals surface area contributed by atoms with Crippen molar-refractivity contribution in [1.29, 1.82) is 0 Å². The van der Waals surface area contributed by atoms with E-state index in [-0.39, 0.29) is 5.91 Å². The molecule has 0 spiro atoms. The molecule has 3 rings (SSSR count). The minimum absolute atomic E-state index is 0.128. The lowest BCUT2D eigenvalue weighted by molar-refractivity contribution is 0.102. The maximum absolute atomic E-state index is 12.6. The SMILES string of the molecule is CCOc1ccc(-c2nc(C)c(C(=O)Nc3ccccc3I)s2)cc1. The molecule has 0 unspecified atom stereocenters. The Balaban J connectivity index is 1.82. The zero-order chi connectivity index (χ0) is 17.8. The summed E-state index contributed by atoms with van der Waals surface area (Å²) >= 11 is 3.61. The fraction of sp³-hybridized carbons (Fsp3) is 0.158. The van der Waals surface area contributed by atoms with Crippen LogP contribution in [0.5, 0.6) is 5.75 Å². The molecule has 0 bridgehead atoms. The van der Waals surface area contributed by atoms with E-state index < -0.39 is 0 Å². The second kappa shape index (κ2) is 7.97. The molecular formula is C19H17IN2O2S. The predicted molar refractivity (Wildman–Crippen MR) is 111 cm³/mol. The monoisotopic (exact) mass is 464 g/mol. The van der Waals surface area contributed by atoms with Gasteiger partial charge in [-0.15, -0.1) is 11.3 Å². The van der Waals surface area contributed by atoms with Gasteiger partial charge in [-0.05, 0) is 72.8 Å². The summed E-state index contributed by atoms with van der Waals surface area (Å²) in [5, 5.41) is 3.79. The number of para-hydroxylation sites is 1. The van der Waals surface area contributed by atoms with Crippen LogP contribution in [0.25, 0.3) is 10.6 Å². The van der Waals surface area contributed by atoms with Gasteiger partial charge >= 0.3 is 0 Å². The van der Waals surface area contributed by atoms with Gasteiger partial charge in [0.2, 0.25) is 0 Å². The van der Waals surface area contributed by atoms with Crippen molar-refractivity contribution in [3.05, 3.63) is 62.7 Å². The molecule has 0 aliphatic heterocycles. The van der Waals surface area contributed by atoms with Crippen molar-refractivity contribution in [2.45, 2.75) is 13.8 Å². The van der Waals surface area contributed by atoms with Gasteiger partial charge in [0, 0.05) is 9.13 Å². The fourth-order valence-electron chi connectivity index (χ4n) is 2.33. The summed E-state index contributed by atoms with van der Waals surface area (Å²) < 4.78 is 6.46. The van der Waals surface area contributed by atoms with Crippen LogP contribution in [0.1, 0.15) is 22.3 Å². The maximum Gasteiger partial charge on any atom is 0.267 e. The number of anilines is 1. The number of amides is 1. The third-order valence-electron chi connectivity index (χ3n) is 3.54.